The van der Waals surface area contributed by atoms with Crippen molar-refractivity contribution in [2.45, 2.75) is 13.5 Å². The number of aryl methyl sites for hydroxylation is 2. The number of hydrogen-bond acceptors (Lipinski definition) is 3. The van der Waals surface area contributed by atoms with E-state index in [4.69, 9.17) is 5.73 Å². The van der Waals surface area contributed by atoms with Crippen LogP contribution in [0, 0.1) is 6.92 Å². The molecule has 0 saturated carbocycles. The summed E-state index contributed by atoms with van der Waals surface area (Å²) in [5.41, 5.74) is 9.82. The Hall–Kier alpha value is -1.68. The summed E-state index contributed by atoms with van der Waals surface area (Å²) in [4.78, 5) is 0. The maximum Gasteiger partial charge on any atom is 0.117 e. The number of nitrogens with zero attached hydrogens (tertiary/aromatic N) is 3. The smallest absolute Gasteiger partial charge is 0.117 e. The zero-order valence-electron chi connectivity index (χ0n) is 8.94. The summed E-state index contributed by atoms with van der Waals surface area (Å²) in [6, 6.07) is 8.11. The van der Waals surface area contributed by atoms with E-state index in [0.29, 0.717) is 6.54 Å². The molecule has 1 aromatic heterocycles. The largest absolute Gasteiger partial charge is 0.325 e. The Balaban J connectivity index is 2.59. The lowest BCUT2D eigenvalue weighted by Gasteiger charge is -2.04. The van der Waals surface area contributed by atoms with Crippen LogP contribution in [0.2, 0.25) is 0 Å². The first kappa shape index (κ1) is 9.86. The fourth-order valence-electron chi connectivity index (χ4n) is 1.65. The molecule has 0 fully saturated rings. The van der Waals surface area contributed by atoms with Crippen LogP contribution < -0.4 is 5.73 Å². The molecule has 1 heterocycles. The molecule has 1 aromatic carbocycles. The van der Waals surface area contributed by atoms with Crippen LogP contribution in [0.4, 0.5) is 0 Å². The number of benzene rings is 1. The molecule has 0 amide bonds. The van der Waals surface area contributed by atoms with Gasteiger partial charge in [0.2, 0.25) is 0 Å². The molecule has 0 atom stereocenters. The van der Waals surface area contributed by atoms with E-state index in [2.05, 4.69) is 23.3 Å². The molecule has 0 spiro atoms. The zero-order valence-corrected chi connectivity index (χ0v) is 8.94. The van der Waals surface area contributed by atoms with Crippen LogP contribution >= 0.6 is 0 Å². The molecule has 15 heavy (non-hydrogen) atoms. The maximum absolute atomic E-state index is 5.68. The molecule has 0 radical (unpaired) electrons. The quantitative estimate of drug-likeness (QED) is 0.797. The van der Waals surface area contributed by atoms with Crippen molar-refractivity contribution in [2.75, 3.05) is 0 Å². The summed E-state index contributed by atoms with van der Waals surface area (Å²) in [5.74, 6) is 0. The monoisotopic (exact) mass is 202 g/mol. The predicted molar refractivity (Wildman–Crippen MR) is 59.1 cm³/mol. The highest BCUT2D eigenvalue weighted by Gasteiger charge is 2.12. The first-order valence-corrected chi connectivity index (χ1v) is 4.88. The van der Waals surface area contributed by atoms with Crippen LogP contribution in [-0.2, 0) is 13.6 Å². The van der Waals surface area contributed by atoms with E-state index in [9.17, 15) is 0 Å². The summed E-state index contributed by atoms with van der Waals surface area (Å²) in [6.07, 6.45) is 0. The van der Waals surface area contributed by atoms with Crippen molar-refractivity contribution >= 4 is 0 Å². The van der Waals surface area contributed by atoms with Crippen molar-refractivity contribution in [1.82, 2.24) is 15.0 Å². The number of nitrogens with two attached hydrogens (primary N) is 1. The Kier molecular flexibility index (Phi) is 2.51. The third-order valence-corrected chi connectivity index (χ3v) is 2.54. The SMILES string of the molecule is Cc1ccccc1-c1nnn(C)c1CN. The Morgan fingerprint density at radius 2 is 2.07 bits per heavy atom. The number of hydrogen-bond donors (Lipinski definition) is 1. The molecular formula is C11H14N4. The normalized spacial score (nSPS) is 10.6. The Morgan fingerprint density at radius 1 is 1.33 bits per heavy atom. The van der Waals surface area contributed by atoms with Gasteiger partial charge in [0.15, 0.2) is 0 Å². The van der Waals surface area contributed by atoms with Gasteiger partial charge in [-0.3, -0.25) is 4.68 Å². The van der Waals surface area contributed by atoms with Crippen LogP contribution in [0.1, 0.15) is 11.3 Å². The van der Waals surface area contributed by atoms with Gasteiger partial charge >= 0.3 is 0 Å². The lowest BCUT2D eigenvalue weighted by molar-refractivity contribution is 0.678. The van der Waals surface area contributed by atoms with E-state index in [1.807, 2.05) is 25.2 Å². The van der Waals surface area contributed by atoms with Gasteiger partial charge in [-0.15, -0.1) is 5.10 Å². The minimum Gasteiger partial charge on any atom is -0.325 e. The third-order valence-electron chi connectivity index (χ3n) is 2.54. The van der Waals surface area contributed by atoms with Gasteiger partial charge in [0, 0.05) is 19.2 Å². The van der Waals surface area contributed by atoms with Crippen molar-refractivity contribution in [3.8, 4) is 11.3 Å². The second-order valence-electron chi connectivity index (χ2n) is 3.53. The molecule has 2 aromatic rings. The lowest BCUT2D eigenvalue weighted by Crippen LogP contribution is -2.05. The van der Waals surface area contributed by atoms with Crippen LogP contribution in [0.15, 0.2) is 24.3 Å². The molecule has 4 heteroatoms. The van der Waals surface area contributed by atoms with Crippen LogP contribution in [0.5, 0.6) is 0 Å². The first-order valence-electron chi connectivity index (χ1n) is 4.88. The van der Waals surface area contributed by atoms with E-state index in [1.54, 1.807) is 4.68 Å². The van der Waals surface area contributed by atoms with E-state index in [-0.39, 0.29) is 0 Å². The number of rotatable bonds is 2. The fourth-order valence-corrected chi connectivity index (χ4v) is 1.65. The summed E-state index contributed by atoms with van der Waals surface area (Å²) < 4.78 is 1.72. The highest BCUT2D eigenvalue weighted by atomic mass is 15.4. The van der Waals surface area contributed by atoms with Crippen molar-refractivity contribution in [3.63, 3.8) is 0 Å². The van der Waals surface area contributed by atoms with Gasteiger partial charge in [0.05, 0.1) is 5.69 Å². The van der Waals surface area contributed by atoms with E-state index >= 15 is 0 Å². The predicted octanol–water partition coefficient (Wildman–Crippen LogP) is 1.25. The summed E-state index contributed by atoms with van der Waals surface area (Å²) in [6.45, 7) is 2.51. The molecule has 0 unspecified atom stereocenters. The van der Waals surface area contributed by atoms with Crippen LogP contribution in [0.3, 0.4) is 0 Å². The number of aromatic nitrogens is 3. The fraction of sp³-hybridized carbons (Fsp3) is 0.273. The summed E-state index contributed by atoms with van der Waals surface area (Å²) in [5, 5.41) is 8.14. The third kappa shape index (κ3) is 1.64. The topological polar surface area (TPSA) is 56.7 Å². The van der Waals surface area contributed by atoms with Gasteiger partial charge in [-0.25, -0.2) is 0 Å². The van der Waals surface area contributed by atoms with Crippen molar-refractivity contribution < 1.29 is 0 Å². The average molecular weight is 202 g/mol. The second kappa shape index (κ2) is 3.82. The molecule has 78 valence electrons. The van der Waals surface area contributed by atoms with E-state index in [0.717, 1.165) is 17.0 Å². The van der Waals surface area contributed by atoms with Crippen LogP contribution in [-0.4, -0.2) is 15.0 Å². The zero-order chi connectivity index (χ0) is 10.8. The molecule has 2 rings (SSSR count). The molecule has 0 aliphatic heterocycles. The van der Waals surface area contributed by atoms with Gasteiger partial charge in [0.25, 0.3) is 0 Å². The van der Waals surface area contributed by atoms with Crippen molar-refractivity contribution in [3.05, 3.63) is 35.5 Å². The first-order chi connectivity index (χ1) is 7.24. The molecule has 0 aliphatic carbocycles. The molecule has 2 N–H and O–H groups in total. The molecule has 4 nitrogen and oxygen atoms in total. The van der Waals surface area contributed by atoms with Gasteiger partial charge < -0.3 is 5.73 Å². The molecule has 0 aliphatic rings. The highest BCUT2D eigenvalue weighted by Crippen LogP contribution is 2.23. The Bertz CT molecular complexity index is 473. The Morgan fingerprint density at radius 3 is 2.73 bits per heavy atom. The van der Waals surface area contributed by atoms with Gasteiger partial charge in [-0.1, -0.05) is 29.5 Å². The second-order valence-corrected chi connectivity index (χ2v) is 3.53. The standard InChI is InChI=1S/C11H14N4/c1-8-5-3-4-6-9(8)11-10(7-12)15(2)14-13-11/h3-6H,7,12H2,1-2H3. The van der Waals surface area contributed by atoms with Crippen molar-refractivity contribution in [2.24, 2.45) is 12.8 Å². The van der Waals surface area contributed by atoms with Crippen molar-refractivity contribution in [1.29, 1.82) is 0 Å². The van der Waals surface area contributed by atoms with Gasteiger partial charge in [0.1, 0.15) is 5.69 Å². The highest BCUT2D eigenvalue weighted by molar-refractivity contribution is 5.65. The van der Waals surface area contributed by atoms with Gasteiger partial charge in [-0.05, 0) is 12.5 Å². The molecular weight excluding hydrogens is 188 g/mol. The van der Waals surface area contributed by atoms with E-state index in [1.165, 1.54) is 5.56 Å². The lowest BCUT2D eigenvalue weighted by atomic mass is 10.0. The summed E-state index contributed by atoms with van der Waals surface area (Å²) in [7, 11) is 1.86. The average Bonchev–Trinajstić information content (AvgIpc) is 2.60. The molecule has 0 bridgehead atoms. The summed E-state index contributed by atoms with van der Waals surface area (Å²) >= 11 is 0. The van der Waals surface area contributed by atoms with E-state index < -0.39 is 0 Å². The maximum atomic E-state index is 5.68. The van der Waals surface area contributed by atoms with Gasteiger partial charge in [-0.2, -0.15) is 0 Å². The minimum absolute atomic E-state index is 0.452. The minimum atomic E-state index is 0.452. The Labute approximate surface area is 88.7 Å². The molecule has 0 saturated heterocycles. The van der Waals surface area contributed by atoms with Crippen LogP contribution in [0.25, 0.3) is 11.3 Å².